The first kappa shape index (κ1) is 17.9. The van der Waals surface area contributed by atoms with Crippen molar-refractivity contribution in [2.24, 2.45) is 0 Å². The predicted octanol–water partition coefficient (Wildman–Crippen LogP) is 4.17. The van der Waals surface area contributed by atoms with E-state index in [1.807, 2.05) is 0 Å². The number of pyridine rings is 1. The van der Waals surface area contributed by atoms with E-state index in [0.29, 0.717) is 0 Å². The number of amides is 3. The Morgan fingerprint density at radius 3 is 2.32 bits per heavy atom. The van der Waals surface area contributed by atoms with Gasteiger partial charge < -0.3 is 5.32 Å². The van der Waals surface area contributed by atoms with Crippen LogP contribution in [0.15, 0.2) is 18.2 Å². The SMILES string of the molecule is CN1C(=O)c2ccc(NC(=O)c3nc(Cl)c(Cl)c(Cl)c3Cl)cc2C1=O. The minimum Gasteiger partial charge on any atom is -0.321 e. The lowest BCUT2D eigenvalue weighted by Crippen LogP contribution is -2.24. The van der Waals surface area contributed by atoms with Crippen LogP contribution in [0.5, 0.6) is 0 Å². The molecule has 0 radical (unpaired) electrons. The fourth-order valence-corrected chi connectivity index (χ4v) is 3.08. The number of imide groups is 1. The first-order valence-electron chi connectivity index (χ1n) is 6.70. The monoisotopic (exact) mass is 417 g/mol. The summed E-state index contributed by atoms with van der Waals surface area (Å²) in [6, 6.07) is 4.32. The molecule has 0 atom stereocenters. The average molecular weight is 419 g/mol. The van der Waals surface area contributed by atoms with Gasteiger partial charge in [-0.05, 0) is 18.2 Å². The van der Waals surface area contributed by atoms with Crippen molar-refractivity contribution in [1.29, 1.82) is 0 Å². The van der Waals surface area contributed by atoms with Gasteiger partial charge in [-0.2, -0.15) is 0 Å². The number of nitrogens with zero attached hydrogens (tertiary/aromatic N) is 2. The van der Waals surface area contributed by atoms with E-state index in [-0.39, 0.29) is 42.7 Å². The smallest absolute Gasteiger partial charge is 0.275 e. The normalized spacial score (nSPS) is 13.2. The molecule has 1 N–H and O–H groups in total. The molecule has 1 aliphatic rings. The van der Waals surface area contributed by atoms with Crippen molar-refractivity contribution in [2.75, 3.05) is 12.4 Å². The molecular formula is C15H7Cl4N3O3. The van der Waals surface area contributed by atoms with E-state index in [1.54, 1.807) is 0 Å². The molecule has 0 spiro atoms. The van der Waals surface area contributed by atoms with Gasteiger partial charge in [-0.3, -0.25) is 19.3 Å². The lowest BCUT2D eigenvalue weighted by molar-refractivity contribution is 0.0692. The highest BCUT2D eigenvalue weighted by Gasteiger charge is 2.33. The molecular weight excluding hydrogens is 412 g/mol. The third kappa shape index (κ3) is 2.95. The average Bonchev–Trinajstić information content (AvgIpc) is 2.80. The fourth-order valence-electron chi connectivity index (χ4n) is 2.27. The van der Waals surface area contributed by atoms with E-state index < -0.39 is 17.7 Å². The predicted molar refractivity (Wildman–Crippen MR) is 95.1 cm³/mol. The van der Waals surface area contributed by atoms with Crippen LogP contribution < -0.4 is 5.32 Å². The summed E-state index contributed by atoms with van der Waals surface area (Å²) in [6.45, 7) is 0. The van der Waals surface area contributed by atoms with Gasteiger partial charge in [-0.25, -0.2) is 4.98 Å². The Morgan fingerprint density at radius 1 is 1.00 bits per heavy atom. The zero-order chi connectivity index (χ0) is 18.5. The van der Waals surface area contributed by atoms with Crippen LogP contribution in [0.1, 0.15) is 31.2 Å². The number of benzene rings is 1. The minimum absolute atomic E-state index is 0.0606. The summed E-state index contributed by atoms with van der Waals surface area (Å²) < 4.78 is 0. The molecule has 2 heterocycles. The van der Waals surface area contributed by atoms with Crippen LogP contribution in [0.3, 0.4) is 0 Å². The molecule has 25 heavy (non-hydrogen) atoms. The van der Waals surface area contributed by atoms with Crippen LogP contribution in [-0.2, 0) is 0 Å². The van der Waals surface area contributed by atoms with Gasteiger partial charge in [0.25, 0.3) is 17.7 Å². The van der Waals surface area contributed by atoms with Crippen LogP contribution >= 0.6 is 46.4 Å². The molecule has 0 saturated carbocycles. The van der Waals surface area contributed by atoms with Gasteiger partial charge in [0.15, 0.2) is 0 Å². The highest BCUT2D eigenvalue weighted by Crippen LogP contribution is 2.36. The maximum Gasteiger partial charge on any atom is 0.275 e. The molecule has 3 amide bonds. The third-order valence-corrected chi connectivity index (χ3v) is 5.22. The second kappa shape index (κ2) is 6.46. The molecule has 1 aromatic carbocycles. The lowest BCUT2D eigenvalue weighted by atomic mass is 10.1. The number of carbonyl (C=O) groups is 3. The van der Waals surface area contributed by atoms with E-state index in [9.17, 15) is 14.4 Å². The fraction of sp³-hybridized carbons (Fsp3) is 0.0667. The van der Waals surface area contributed by atoms with E-state index in [0.717, 1.165) is 4.90 Å². The molecule has 10 heteroatoms. The standard InChI is InChI=1S/C15H7Cl4N3O3/c1-22-14(24)6-3-2-5(4-7(6)15(22)25)20-13(23)11-9(17)8(16)10(18)12(19)21-11/h2-4H,1H3,(H,20,23). The second-order valence-corrected chi connectivity index (χ2v) is 6.57. The molecule has 1 aromatic heterocycles. The largest absolute Gasteiger partial charge is 0.321 e. The summed E-state index contributed by atoms with van der Waals surface area (Å²) in [6.07, 6.45) is 0. The molecule has 0 unspecified atom stereocenters. The zero-order valence-electron chi connectivity index (χ0n) is 12.4. The Hall–Kier alpha value is -1.86. The first-order valence-corrected chi connectivity index (χ1v) is 8.21. The molecule has 0 fully saturated rings. The Balaban J connectivity index is 1.94. The van der Waals surface area contributed by atoms with Gasteiger partial charge in [-0.1, -0.05) is 46.4 Å². The Bertz CT molecular complexity index is 962. The number of rotatable bonds is 2. The molecule has 1 aliphatic heterocycles. The van der Waals surface area contributed by atoms with Crippen molar-refractivity contribution >= 4 is 69.8 Å². The maximum absolute atomic E-state index is 12.4. The van der Waals surface area contributed by atoms with E-state index in [2.05, 4.69) is 10.3 Å². The van der Waals surface area contributed by atoms with Gasteiger partial charge in [0.2, 0.25) is 0 Å². The van der Waals surface area contributed by atoms with Gasteiger partial charge in [0, 0.05) is 12.7 Å². The Labute approximate surface area is 161 Å². The number of hydrogen-bond acceptors (Lipinski definition) is 4. The summed E-state index contributed by atoms with van der Waals surface area (Å²) in [4.78, 5) is 41.1. The summed E-state index contributed by atoms with van der Waals surface area (Å²) >= 11 is 23.5. The van der Waals surface area contributed by atoms with Crippen LogP contribution in [-0.4, -0.2) is 34.7 Å². The van der Waals surface area contributed by atoms with Crippen LogP contribution in [0, 0.1) is 0 Å². The highest BCUT2D eigenvalue weighted by atomic mass is 35.5. The number of fused-ring (bicyclic) bond motifs is 1. The van der Waals surface area contributed by atoms with Crippen LogP contribution in [0.2, 0.25) is 20.2 Å². The van der Waals surface area contributed by atoms with Crippen molar-refractivity contribution in [3.63, 3.8) is 0 Å². The van der Waals surface area contributed by atoms with Crippen LogP contribution in [0.25, 0.3) is 0 Å². The number of halogens is 4. The van der Waals surface area contributed by atoms with Crippen molar-refractivity contribution in [3.8, 4) is 0 Å². The Kier molecular flexibility index (Phi) is 4.64. The number of carbonyl (C=O) groups excluding carboxylic acids is 3. The number of nitrogens with one attached hydrogen (secondary N) is 1. The van der Waals surface area contributed by atoms with Gasteiger partial charge in [0.05, 0.1) is 26.2 Å². The van der Waals surface area contributed by atoms with E-state index >= 15 is 0 Å². The highest BCUT2D eigenvalue weighted by molar-refractivity contribution is 6.52. The second-order valence-electron chi connectivity index (χ2n) is 5.08. The number of hydrogen-bond donors (Lipinski definition) is 1. The van der Waals surface area contributed by atoms with Gasteiger partial charge in [-0.15, -0.1) is 0 Å². The molecule has 0 saturated heterocycles. The van der Waals surface area contributed by atoms with Crippen LogP contribution in [0.4, 0.5) is 5.69 Å². The molecule has 0 aliphatic carbocycles. The summed E-state index contributed by atoms with van der Waals surface area (Å²) in [5.41, 5.74) is 0.511. The van der Waals surface area contributed by atoms with Gasteiger partial charge >= 0.3 is 0 Å². The molecule has 0 bridgehead atoms. The molecule has 6 nitrogen and oxygen atoms in total. The molecule has 128 valence electrons. The first-order chi connectivity index (χ1) is 11.7. The van der Waals surface area contributed by atoms with E-state index in [4.69, 9.17) is 46.4 Å². The summed E-state index contributed by atoms with van der Waals surface area (Å²) in [5.74, 6) is -1.56. The van der Waals surface area contributed by atoms with Crippen molar-refractivity contribution in [2.45, 2.75) is 0 Å². The topological polar surface area (TPSA) is 79.4 Å². The third-order valence-electron chi connectivity index (χ3n) is 3.55. The molecule has 2 aromatic rings. The quantitative estimate of drug-likeness (QED) is 0.586. The Morgan fingerprint density at radius 2 is 1.64 bits per heavy atom. The van der Waals surface area contributed by atoms with E-state index in [1.165, 1.54) is 25.2 Å². The van der Waals surface area contributed by atoms with Crippen molar-refractivity contribution in [1.82, 2.24) is 9.88 Å². The summed E-state index contributed by atoms with van der Waals surface area (Å²) in [5, 5.41) is 2.05. The number of aromatic nitrogens is 1. The number of anilines is 1. The minimum atomic E-state index is -0.699. The molecule has 3 rings (SSSR count). The van der Waals surface area contributed by atoms with Crippen molar-refractivity contribution in [3.05, 3.63) is 55.2 Å². The zero-order valence-corrected chi connectivity index (χ0v) is 15.4. The van der Waals surface area contributed by atoms with Gasteiger partial charge in [0.1, 0.15) is 10.8 Å². The van der Waals surface area contributed by atoms with Crippen molar-refractivity contribution < 1.29 is 14.4 Å². The summed E-state index contributed by atoms with van der Waals surface area (Å²) in [7, 11) is 1.38. The lowest BCUT2D eigenvalue weighted by Gasteiger charge is -2.09. The maximum atomic E-state index is 12.4.